The first kappa shape index (κ1) is 17.9. The maximum absolute atomic E-state index is 12.0. The summed E-state index contributed by atoms with van der Waals surface area (Å²) in [5.41, 5.74) is 4.43. The van der Waals surface area contributed by atoms with Crippen LogP contribution in [0.25, 0.3) is 0 Å². The molecule has 2 aromatic carbocycles. The summed E-state index contributed by atoms with van der Waals surface area (Å²) in [5.74, 6) is 1.51. The first-order valence-corrected chi connectivity index (χ1v) is 8.10. The van der Waals surface area contributed by atoms with Gasteiger partial charge < -0.3 is 14.8 Å². The molecule has 128 valence electrons. The Labute approximate surface area is 143 Å². The molecule has 0 atom stereocenters. The molecule has 0 aliphatic heterocycles. The van der Waals surface area contributed by atoms with E-state index in [9.17, 15) is 4.79 Å². The molecule has 0 bridgehead atoms. The Morgan fingerprint density at radius 2 is 1.79 bits per heavy atom. The van der Waals surface area contributed by atoms with E-state index in [1.54, 1.807) is 7.11 Å². The number of benzene rings is 2. The van der Waals surface area contributed by atoms with Gasteiger partial charge in [0.15, 0.2) is 6.61 Å². The van der Waals surface area contributed by atoms with Crippen molar-refractivity contribution in [1.82, 2.24) is 5.32 Å². The van der Waals surface area contributed by atoms with E-state index in [0.29, 0.717) is 6.54 Å². The van der Waals surface area contributed by atoms with E-state index >= 15 is 0 Å². The molecule has 0 aliphatic rings. The highest BCUT2D eigenvalue weighted by molar-refractivity contribution is 5.77. The molecule has 1 N–H and O–H groups in total. The van der Waals surface area contributed by atoms with Gasteiger partial charge in [-0.05, 0) is 56.0 Å². The molecule has 24 heavy (non-hydrogen) atoms. The Balaban J connectivity index is 1.79. The SMILES string of the molecule is COc1cccc(CCNC(=O)COc2c(C)cc(C)cc2C)c1. The van der Waals surface area contributed by atoms with Gasteiger partial charge in [0.2, 0.25) is 0 Å². The summed E-state index contributed by atoms with van der Waals surface area (Å²) in [5, 5.41) is 2.88. The van der Waals surface area contributed by atoms with E-state index in [4.69, 9.17) is 9.47 Å². The number of hydrogen-bond donors (Lipinski definition) is 1. The lowest BCUT2D eigenvalue weighted by molar-refractivity contribution is -0.123. The smallest absolute Gasteiger partial charge is 0.257 e. The predicted octanol–water partition coefficient (Wildman–Crippen LogP) is 3.36. The van der Waals surface area contributed by atoms with Crippen LogP contribution in [0.4, 0.5) is 0 Å². The Morgan fingerprint density at radius 1 is 1.08 bits per heavy atom. The molecule has 0 radical (unpaired) electrons. The maximum atomic E-state index is 12.0. The molecule has 1 amide bonds. The number of amides is 1. The summed E-state index contributed by atoms with van der Waals surface area (Å²) in [6, 6.07) is 12.0. The molecule has 0 heterocycles. The van der Waals surface area contributed by atoms with Gasteiger partial charge in [0.25, 0.3) is 5.91 Å². The fourth-order valence-electron chi connectivity index (χ4n) is 2.76. The zero-order valence-corrected chi connectivity index (χ0v) is 14.8. The van der Waals surface area contributed by atoms with E-state index < -0.39 is 0 Å². The second-order valence-corrected chi connectivity index (χ2v) is 5.97. The zero-order valence-electron chi connectivity index (χ0n) is 14.8. The van der Waals surface area contributed by atoms with Crippen molar-refractivity contribution in [1.29, 1.82) is 0 Å². The standard InChI is InChI=1S/C20H25NO3/c1-14-10-15(2)20(16(3)11-14)24-13-19(22)21-9-8-17-6-5-7-18(12-17)23-4/h5-7,10-12H,8-9,13H2,1-4H3,(H,21,22). The lowest BCUT2D eigenvalue weighted by Gasteiger charge is -2.13. The lowest BCUT2D eigenvalue weighted by Crippen LogP contribution is -2.30. The van der Waals surface area contributed by atoms with Crippen LogP contribution in [0.1, 0.15) is 22.3 Å². The molecule has 4 nitrogen and oxygen atoms in total. The van der Waals surface area contributed by atoms with E-state index in [2.05, 4.69) is 24.4 Å². The molecular weight excluding hydrogens is 302 g/mol. The molecule has 4 heteroatoms. The second kappa shape index (κ2) is 8.39. The number of rotatable bonds is 7. The summed E-state index contributed by atoms with van der Waals surface area (Å²) in [4.78, 5) is 12.0. The number of hydrogen-bond acceptors (Lipinski definition) is 3. The Kier molecular flexibility index (Phi) is 6.24. The van der Waals surface area contributed by atoms with Gasteiger partial charge in [-0.15, -0.1) is 0 Å². The molecule has 0 spiro atoms. The van der Waals surface area contributed by atoms with Crippen LogP contribution < -0.4 is 14.8 Å². The van der Waals surface area contributed by atoms with Crippen molar-refractivity contribution in [2.75, 3.05) is 20.3 Å². The Bertz CT molecular complexity index is 687. The van der Waals surface area contributed by atoms with E-state index in [-0.39, 0.29) is 12.5 Å². The molecule has 2 aromatic rings. The van der Waals surface area contributed by atoms with Crippen molar-refractivity contribution in [3.05, 3.63) is 58.7 Å². The monoisotopic (exact) mass is 327 g/mol. The summed E-state index contributed by atoms with van der Waals surface area (Å²) in [6.45, 7) is 6.64. The van der Waals surface area contributed by atoms with Gasteiger partial charge in [-0.1, -0.05) is 29.8 Å². The number of ether oxygens (including phenoxy) is 2. The topological polar surface area (TPSA) is 47.6 Å². The quantitative estimate of drug-likeness (QED) is 0.848. The van der Waals surface area contributed by atoms with Crippen LogP contribution >= 0.6 is 0 Å². The molecule has 0 unspecified atom stereocenters. The van der Waals surface area contributed by atoms with Crippen molar-refractivity contribution < 1.29 is 14.3 Å². The van der Waals surface area contributed by atoms with Crippen molar-refractivity contribution >= 4 is 5.91 Å². The number of carbonyl (C=O) groups excluding carboxylic acids is 1. The minimum Gasteiger partial charge on any atom is -0.497 e. The molecule has 0 aliphatic carbocycles. The molecule has 2 rings (SSSR count). The van der Waals surface area contributed by atoms with Crippen LogP contribution in [0.3, 0.4) is 0 Å². The van der Waals surface area contributed by atoms with Gasteiger partial charge in [-0.25, -0.2) is 0 Å². The predicted molar refractivity (Wildman–Crippen MR) is 95.9 cm³/mol. The summed E-state index contributed by atoms with van der Waals surface area (Å²) in [6.07, 6.45) is 0.755. The maximum Gasteiger partial charge on any atom is 0.257 e. The van der Waals surface area contributed by atoms with Gasteiger partial charge in [-0.3, -0.25) is 4.79 Å². The highest BCUT2D eigenvalue weighted by atomic mass is 16.5. The number of methoxy groups -OCH3 is 1. The van der Waals surface area contributed by atoms with Crippen LogP contribution in [0.5, 0.6) is 11.5 Å². The normalized spacial score (nSPS) is 10.3. The lowest BCUT2D eigenvalue weighted by atomic mass is 10.1. The fourth-order valence-corrected chi connectivity index (χ4v) is 2.76. The first-order valence-electron chi connectivity index (χ1n) is 8.10. The van der Waals surface area contributed by atoms with E-state index in [1.165, 1.54) is 5.56 Å². The van der Waals surface area contributed by atoms with E-state index in [1.807, 2.05) is 38.1 Å². The third kappa shape index (κ3) is 5.01. The third-order valence-corrected chi connectivity index (χ3v) is 3.82. The van der Waals surface area contributed by atoms with Crippen LogP contribution in [0.2, 0.25) is 0 Å². The zero-order chi connectivity index (χ0) is 17.5. The highest BCUT2D eigenvalue weighted by Crippen LogP contribution is 2.24. The van der Waals surface area contributed by atoms with Gasteiger partial charge in [0.05, 0.1) is 7.11 Å². The number of aryl methyl sites for hydroxylation is 3. The van der Waals surface area contributed by atoms with Crippen LogP contribution in [-0.4, -0.2) is 26.2 Å². The summed E-state index contributed by atoms with van der Waals surface area (Å²) >= 11 is 0. The van der Waals surface area contributed by atoms with E-state index in [0.717, 1.165) is 34.6 Å². The Morgan fingerprint density at radius 3 is 2.46 bits per heavy atom. The van der Waals surface area contributed by atoms with Crippen LogP contribution in [-0.2, 0) is 11.2 Å². The second-order valence-electron chi connectivity index (χ2n) is 5.97. The summed E-state index contributed by atoms with van der Waals surface area (Å²) < 4.78 is 10.9. The highest BCUT2D eigenvalue weighted by Gasteiger charge is 2.08. The number of nitrogens with one attached hydrogen (secondary N) is 1. The van der Waals surface area contributed by atoms with Crippen molar-refractivity contribution in [2.45, 2.75) is 27.2 Å². The minimum absolute atomic E-state index is 0.0306. The average molecular weight is 327 g/mol. The molecule has 0 saturated carbocycles. The molecule has 0 aromatic heterocycles. The molecule has 0 saturated heterocycles. The van der Waals surface area contributed by atoms with Gasteiger partial charge >= 0.3 is 0 Å². The average Bonchev–Trinajstić information content (AvgIpc) is 2.54. The summed E-state index contributed by atoms with van der Waals surface area (Å²) in [7, 11) is 1.65. The van der Waals surface area contributed by atoms with Crippen LogP contribution in [0, 0.1) is 20.8 Å². The largest absolute Gasteiger partial charge is 0.497 e. The van der Waals surface area contributed by atoms with Gasteiger partial charge in [-0.2, -0.15) is 0 Å². The van der Waals surface area contributed by atoms with Gasteiger partial charge in [0, 0.05) is 6.54 Å². The van der Waals surface area contributed by atoms with Crippen molar-refractivity contribution in [3.63, 3.8) is 0 Å². The Hall–Kier alpha value is -2.49. The fraction of sp³-hybridized carbons (Fsp3) is 0.350. The van der Waals surface area contributed by atoms with Gasteiger partial charge in [0.1, 0.15) is 11.5 Å². The van der Waals surface area contributed by atoms with Crippen LogP contribution in [0.15, 0.2) is 36.4 Å². The third-order valence-electron chi connectivity index (χ3n) is 3.82. The first-order chi connectivity index (χ1) is 11.5. The minimum atomic E-state index is -0.114. The van der Waals surface area contributed by atoms with Crippen molar-refractivity contribution in [2.24, 2.45) is 0 Å². The number of carbonyl (C=O) groups is 1. The van der Waals surface area contributed by atoms with Crippen molar-refractivity contribution in [3.8, 4) is 11.5 Å². The molecule has 0 fully saturated rings. The molecular formula is C20H25NO3.